The van der Waals surface area contributed by atoms with E-state index in [1.54, 1.807) is 6.08 Å². The van der Waals surface area contributed by atoms with E-state index in [4.69, 9.17) is 5.11 Å². The van der Waals surface area contributed by atoms with Crippen molar-refractivity contribution < 1.29 is 9.90 Å². The summed E-state index contributed by atoms with van der Waals surface area (Å²) in [6.07, 6.45) is 6.27. The molecule has 1 N–H and O–H groups in total. The topological polar surface area (TPSA) is 40.5 Å². The van der Waals surface area contributed by atoms with Gasteiger partial charge in [-0.05, 0) is 32.9 Å². The number of hydrogen-bond acceptors (Lipinski definition) is 2. The zero-order valence-electron chi connectivity index (χ0n) is 7.36. The van der Waals surface area contributed by atoms with Gasteiger partial charge in [0.1, 0.15) is 0 Å². The minimum atomic E-state index is -0.851. The van der Waals surface area contributed by atoms with Crippen molar-refractivity contribution in [2.24, 2.45) is 0 Å². The fourth-order valence-electron chi connectivity index (χ4n) is 1.60. The highest BCUT2D eigenvalue weighted by molar-refractivity contribution is 5.79. The van der Waals surface area contributed by atoms with Crippen LogP contribution in [0.3, 0.4) is 0 Å². The average molecular weight is 169 g/mol. The van der Waals surface area contributed by atoms with Gasteiger partial charge in [-0.2, -0.15) is 0 Å². The van der Waals surface area contributed by atoms with E-state index in [2.05, 4.69) is 11.9 Å². The van der Waals surface area contributed by atoms with E-state index in [-0.39, 0.29) is 0 Å². The van der Waals surface area contributed by atoms with E-state index in [0.717, 1.165) is 13.0 Å². The van der Waals surface area contributed by atoms with Crippen LogP contribution in [0, 0.1) is 0 Å². The van der Waals surface area contributed by atoms with Crippen LogP contribution in [0.15, 0.2) is 12.2 Å². The molecule has 68 valence electrons. The number of hydrogen-bond donors (Lipinski definition) is 1. The molecular weight excluding hydrogens is 154 g/mol. The molecule has 0 saturated carbocycles. The van der Waals surface area contributed by atoms with Crippen LogP contribution in [0.25, 0.3) is 0 Å². The Kier molecular flexibility index (Phi) is 3.29. The molecule has 0 spiro atoms. The number of likely N-dealkylation sites (tertiary alicyclic amines) is 1. The Bertz CT molecular complexity index is 189. The van der Waals surface area contributed by atoms with Gasteiger partial charge < -0.3 is 10.0 Å². The predicted molar refractivity (Wildman–Crippen MR) is 47.0 cm³/mol. The van der Waals surface area contributed by atoms with Gasteiger partial charge in [-0.15, -0.1) is 0 Å². The van der Waals surface area contributed by atoms with Gasteiger partial charge in [0.15, 0.2) is 0 Å². The maximum atomic E-state index is 10.2. The first-order valence-electron chi connectivity index (χ1n) is 4.30. The molecule has 3 heteroatoms. The van der Waals surface area contributed by atoms with Gasteiger partial charge in [0.25, 0.3) is 0 Å². The Labute approximate surface area is 72.7 Å². The van der Waals surface area contributed by atoms with E-state index < -0.39 is 5.97 Å². The van der Waals surface area contributed by atoms with E-state index in [1.807, 2.05) is 0 Å². The summed E-state index contributed by atoms with van der Waals surface area (Å²) in [5, 5.41) is 8.35. The second-order valence-corrected chi connectivity index (χ2v) is 3.25. The number of carbonyl (C=O) groups is 1. The molecule has 0 amide bonds. The third-order valence-electron chi connectivity index (χ3n) is 2.34. The van der Waals surface area contributed by atoms with Gasteiger partial charge in [0, 0.05) is 12.1 Å². The SMILES string of the molecule is CN1CCCC1C/C=C/C(=O)O. The van der Waals surface area contributed by atoms with E-state index in [9.17, 15) is 4.79 Å². The van der Waals surface area contributed by atoms with E-state index in [1.165, 1.54) is 18.9 Å². The van der Waals surface area contributed by atoms with Crippen molar-refractivity contribution in [3.05, 3.63) is 12.2 Å². The summed E-state index contributed by atoms with van der Waals surface area (Å²) in [7, 11) is 2.09. The van der Waals surface area contributed by atoms with Gasteiger partial charge in [0.2, 0.25) is 0 Å². The van der Waals surface area contributed by atoms with Crippen molar-refractivity contribution in [1.29, 1.82) is 0 Å². The summed E-state index contributed by atoms with van der Waals surface area (Å²) in [5.41, 5.74) is 0. The van der Waals surface area contributed by atoms with E-state index in [0.29, 0.717) is 6.04 Å². The lowest BCUT2D eigenvalue weighted by atomic mass is 10.1. The highest BCUT2D eigenvalue weighted by Crippen LogP contribution is 2.17. The molecule has 1 aliphatic rings. The first kappa shape index (κ1) is 9.26. The Hall–Kier alpha value is -0.830. The van der Waals surface area contributed by atoms with Gasteiger partial charge in [0.05, 0.1) is 0 Å². The summed E-state index contributed by atoms with van der Waals surface area (Å²) >= 11 is 0. The maximum absolute atomic E-state index is 10.2. The third kappa shape index (κ3) is 2.66. The molecule has 0 aromatic carbocycles. The predicted octanol–water partition coefficient (Wildman–Crippen LogP) is 1.11. The van der Waals surface area contributed by atoms with Gasteiger partial charge in [-0.1, -0.05) is 6.08 Å². The molecule has 0 aromatic rings. The molecule has 0 bridgehead atoms. The van der Waals surface area contributed by atoms with Gasteiger partial charge in [-0.3, -0.25) is 0 Å². The lowest BCUT2D eigenvalue weighted by Crippen LogP contribution is -2.23. The normalized spacial score (nSPS) is 25.2. The molecule has 1 saturated heterocycles. The number of nitrogens with zero attached hydrogens (tertiary/aromatic N) is 1. The summed E-state index contributed by atoms with van der Waals surface area (Å²) in [6, 6.07) is 0.556. The number of aliphatic carboxylic acids is 1. The minimum Gasteiger partial charge on any atom is -0.478 e. The summed E-state index contributed by atoms with van der Waals surface area (Å²) in [4.78, 5) is 12.4. The molecule has 0 radical (unpaired) electrons. The van der Waals surface area contributed by atoms with Crippen LogP contribution in [0.2, 0.25) is 0 Å². The Morgan fingerprint density at radius 3 is 3.00 bits per heavy atom. The fraction of sp³-hybridized carbons (Fsp3) is 0.667. The van der Waals surface area contributed by atoms with Crippen LogP contribution in [-0.4, -0.2) is 35.6 Å². The molecule has 0 aromatic heterocycles. The van der Waals surface area contributed by atoms with Crippen molar-refractivity contribution in [3.63, 3.8) is 0 Å². The van der Waals surface area contributed by atoms with Crippen molar-refractivity contribution in [1.82, 2.24) is 4.90 Å². The van der Waals surface area contributed by atoms with Gasteiger partial charge in [-0.25, -0.2) is 4.79 Å². The Balaban J connectivity index is 2.26. The molecule has 3 nitrogen and oxygen atoms in total. The molecule has 0 aliphatic carbocycles. The molecule has 1 unspecified atom stereocenters. The first-order valence-corrected chi connectivity index (χ1v) is 4.30. The van der Waals surface area contributed by atoms with Crippen LogP contribution in [0.1, 0.15) is 19.3 Å². The summed E-state index contributed by atoms with van der Waals surface area (Å²) in [5.74, 6) is -0.851. The third-order valence-corrected chi connectivity index (χ3v) is 2.34. The zero-order chi connectivity index (χ0) is 8.97. The van der Waals surface area contributed by atoms with Crippen LogP contribution >= 0.6 is 0 Å². The highest BCUT2D eigenvalue weighted by atomic mass is 16.4. The molecule has 12 heavy (non-hydrogen) atoms. The Morgan fingerprint density at radius 2 is 2.50 bits per heavy atom. The highest BCUT2D eigenvalue weighted by Gasteiger charge is 2.18. The summed E-state index contributed by atoms with van der Waals surface area (Å²) < 4.78 is 0. The lowest BCUT2D eigenvalue weighted by Gasteiger charge is -2.16. The second-order valence-electron chi connectivity index (χ2n) is 3.25. The molecule has 1 atom stereocenters. The molecular formula is C9H15NO2. The molecule has 1 fully saturated rings. The number of carboxylic acid groups (broad SMARTS) is 1. The van der Waals surface area contributed by atoms with Crippen molar-refractivity contribution in [2.45, 2.75) is 25.3 Å². The summed E-state index contributed by atoms with van der Waals surface area (Å²) in [6.45, 7) is 1.14. The smallest absolute Gasteiger partial charge is 0.327 e. The largest absolute Gasteiger partial charge is 0.478 e. The quantitative estimate of drug-likeness (QED) is 0.643. The monoisotopic (exact) mass is 169 g/mol. The average Bonchev–Trinajstić information content (AvgIpc) is 2.36. The standard InChI is InChI=1S/C9H15NO2/c1-10-7-3-5-8(10)4-2-6-9(11)12/h2,6,8H,3-5,7H2,1H3,(H,11,12)/b6-2+. The van der Waals surface area contributed by atoms with Crippen LogP contribution in [-0.2, 0) is 4.79 Å². The van der Waals surface area contributed by atoms with Crippen LogP contribution in [0.4, 0.5) is 0 Å². The van der Waals surface area contributed by atoms with E-state index >= 15 is 0 Å². The second kappa shape index (κ2) is 4.26. The van der Waals surface area contributed by atoms with Crippen LogP contribution < -0.4 is 0 Å². The van der Waals surface area contributed by atoms with Crippen molar-refractivity contribution in [3.8, 4) is 0 Å². The van der Waals surface area contributed by atoms with Crippen molar-refractivity contribution >= 4 is 5.97 Å². The first-order chi connectivity index (χ1) is 5.70. The number of rotatable bonds is 3. The minimum absolute atomic E-state index is 0.556. The molecule has 1 heterocycles. The molecule has 1 rings (SSSR count). The lowest BCUT2D eigenvalue weighted by molar-refractivity contribution is -0.131. The fourth-order valence-corrected chi connectivity index (χ4v) is 1.60. The van der Waals surface area contributed by atoms with Gasteiger partial charge >= 0.3 is 5.97 Å². The maximum Gasteiger partial charge on any atom is 0.327 e. The molecule has 1 aliphatic heterocycles. The van der Waals surface area contributed by atoms with Crippen LogP contribution in [0.5, 0.6) is 0 Å². The van der Waals surface area contributed by atoms with Crippen molar-refractivity contribution in [2.75, 3.05) is 13.6 Å². The number of carboxylic acids is 1. The zero-order valence-corrected chi connectivity index (χ0v) is 7.36. The Morgan fingerprint density at radius 1 is 1.75 bits per heavy atom.